The Kier molecular flexibility index (Phi) is 2.20. The zero-order valence-corrected chi connectivity index (χ0v) is 8.34. The molecule has 5 heteroatoms. The van der Waals surface area contributed by atoms with Gasteiger partial charge in [0.2, 0.25) is 0 Å². The molecular weight excluding hydrogens is 202 g/mol. The van der Waals surface area contributed by atoms with Crippen molar-refractivity contribution < 1.29 is 13.0 Å². The highest BCUT2D eigenvalue weighted by molar-refractivity contribution is 7.85. The van der Waals surface area contributed by atoms with Gasteiger partial charge in [-0.15, -0.1) is 0 Å². The van der Waals surface area contributed by atoms with Crippen LogP contribution in [0.4, 0.5) is 5.69 Å². The van der Waals surface area contributed by atoms with Gasteiger partial charge < -0.3 is 5.32 Å². The molecule has 0 saturated carbocycles. The monoisotopic (exact) mass is 213 g/mol. The van der Waals surface area contributed by atoms with Gasteiger partial charge in [-0.2, -0.15) is 8.42 Å². The van der Waals surface area contributed by atoms with Crippen LogP contribution >= 0.6 is 0 Å². The molecule has 0 atom stereocenters. The molecule has 0 aromatic heterocycles. The Balaban J connectivity index is 2.49. The highest BCUT2D eigenvalue weighted by atomic mass is 32.2. The van der Waals surface area contributed by atoms with Crippen LogP contribution in [0.1, 0.15) is 12.0 Å². The van der Waals surface area contributed by atoms with Crippen LogP contribution in [0.15, 0.2) is 23.1 Å². The van der Waals surface area contributed by atoms with Crippen LogP contribution in [0.5, 0.6) is 0 Å². The molecule has 2 rings (SSSR count). The van der Waals surface area contributed by atoms with E-state index in [-0.39, 0.29) is 4.90 Å². The first-order valence-electron chi connectivity index (χ1n) is 4.42. The summed E-state index contributed by atoms with van der Waals surface area (Å²) in [6.07, 6.45) is 1.84. The summed E-state index contributed by atoms with van der Waals surface area (Å²) in [5.41, 5.74) is 1.91. The number of aryl methyl sites for hydroxylation is 1. The van der Waals surface area contributed by atoms with Crippen molar-refractivity contribution in [3.05, 3.63) is 23.8 Å². The summed E-state index contributed by atoms with van der Waals surface area (Å²) in [6, 6.07) is 4.63. The predicted molar refractivity (Wildman–Crippen MR) is 53.1 cm³/mol. The number of fused-ring (bicyclic) bond motifs is 1. The summed E-state index contributed by atoms with van der Waals surface area (Å²) >= 11 is 0. The van der Waals surface area contributed by atoms with Crippen LogP contribution in [-0.4, -0.2) is 19.5 Å². The second-order valence-corrected chi connectivity index (χ2v) is 4.75. The highest BCUT2D eigenvalue weighted by Crippen LogP contribution is 2.24. The average Bonchev–Trinajstić information content (AvgIpc) is 2.16. The zero-order chi connectivity index (χ0) is 10.2. The van der Waals surface area contributed by atoms with Gasteiger partial charge in [-0.25, -0.2) is 0 Å². The molecule has 0 fully saturated rings. The Hall–Kier alpha value is -1.07. The molecule has 14 heavy (non-hydrogen) atoms. The summed E-state index contributed by atoms with van der Waals surface area (Å²) in [6.45, 7) is 0.915. The van der Waals surface area contributed by atoms with E-state index in [1.807, 2.05) is 0 Å². The Morgan fingerprint density at radius 1 is 1.36 bits per heavy atom. The third-order valence-corrected chi connectivity index (χ3v) is 3.16. The Bertz CT molecular complexity index is 453. The van der Waals surface area contributed by atoms with Crippen LogP contribution in [0.2, 0.25) is 0 Å². The summed E-state index contributed by atoms with van der Waals surface area (Å²) in [5, 5.41) is 3.16. The van der Waals surface area contributed by atoms with Gasteiger partial charge in [0.25, 0.3) is 10.1 Å². The minimum Gasteiger partial charge on any atom is -0.385 e. The van der Waals surface area contributed by atoms with Gasteiger partial charge in [-0.1, -0.05) is 0 Å². The van der Waals surface area contributed by atoms with E-state index in [0.29, 0.717) is 0 Å². The summed E-state index contributed by atoms with van der Waals surface area (Å²) in [4.78, 5) is -0.0278. The van der Waals surface area contributed by atoms with E-state index in [2.05, 4.69) is 5.32 Å². The Morgan fingerprint density at radius 3 is 2.86 bits per heavy atom. The van der Waals surface area contributed by atoms with E-state index in [4.69, 9.17) is 4.55 Å². The maximum atomic E-state index is 10.9. The van der Waals surface area contributed by atoms with E-state index in [1.165, 1.54) is 12.1 Å². The quantitative estimate of drug-likeness (QED) is 0.690. The molecule has 1 aliphatic rings. The van der Waals surface area contributed by atoms with Gasteiger partial charge in [0, 0.05) is 12.2 Å². The Labute approximate surface area is 82.7 Å². The van der Waals surface area contributed by atoms with Crippen LogP contribution in [0, 0.1) is 0 Å². The average molecular weight is 213 g/mol. The fraction of sp³-hybridized carbons (Fsp3) is 0.333. The molecule has 0 spiro atoms. The molecule has 0 bridgehead atoms. The van der Waals surface area contributed by atoms with Gasteiger partial charge >= 0.3 is 0 Å². The number of benzene rings is 1. The maximum absolute atomic E-state index is 10.9. The molecular formula is C9H11NO3S. The van der Waals surface area contributed by atoms with Crippen molar-refractivity contribution in [2.75, 3.05) is 11.9 Å². The molecule has 76 valence electrons. The third-order valence-electron chi connectivity index (χ3n) is 2.31. The van der Waals surface area contributed by atoms with Gasteiger partial charge in [-0.05, 0) is 36.6 Å². The molecule has 1 aliphatic heterocycles. The van der Waals surface area contributed by atoms with Gasteiger partial charge in [0.1, 0.15) is 0 Å². The van der Waals surface area contributed by atoms with Crippen molar-refractivity contribution in [1.82, 2.24) is 0 Å². The van der Waals surface area contributed by atoms with E-state index in [1.54, 1.807) is 6.07 Å². The van der Waals surface area contributed by atoms with E-state index in [9.17, 15) is 8.42 Å². The smallest absolute Gasteiger partial charge is 0.294 e. The first-order chi connectivity index (χ1) is 6.57. The van der Waals surface area contributed by atoms with Crippen molar-refractivity contribution in [2.45, 2.75) is 17.7 Å². The van der Waals surface area contributed by atoms with Gasteiger partial charge in [0.05, 0.1) is 4.90 Å². The number of rotatable bonds is 1. The van der Waals surface area contributed by atoms with Crippen LogP contribution in [-0.2, 0) is 16.5 Å². The van der Waals surface area contributed by atoms with E-state index < -0.39 is 10.1 Å². The van der Waals surface area contributed by atoms with Crippen LogP contribution in [0.25, 0.3) is 0 Å². The van der Waals surface area contributed by atoms with Crippen molar-refractivity contribution >= 4 is 15.8 Å². The second kappa shape index (κ2) is 3.25. The summed E-state index contributed by atoms with van der Waals surface area (Å²) < 4.78 is 30.6. The lowest BCUT2D eigenvalue weighted by Crippen LogP contribution is -2.12. The van der Waals surface area contributed by atoms with Gasteiger partial charge in [0.15, 0.2) is 0 Å². The molecule has 0 amide bonds. The van der Waals surface area contributed by atoms with Crippen molar-refractivity contribution in [2.24, 2.45) is 0 Å². The van der Waals surface area contributed by atoms with Crippen LogP contribution < -0.4 is 5.32 Å². The second-order valence-electron chi connectivity index (χ2n) is 3.32. The molecule has 1 aromatic carbocycles. The molecule has 1 heterocycles. The first-order valence-corrected chi connectivity index (χ1v) is 5.86. The maximum Gasteiger partial charge on any atom is 0.294 e. The molecule has 2 N–H and O–H groups in total. The predicted octanol–water partition coefficient (Wildman–Crippen LogP) is 1.29. The minimum absolute atomic E-state index is 0.0278. The van der Waals surface area contributed by atoms with E-state index in [0.717, 1.165) is 30.6 Å². The fourth-order valence-corrected chi connectivity index (χ4v) is 2.14. The first kappa shape index (κ1) is 9.48. The van der Waals surface area contributed by atoms with Crippen LogP contribution in [0.3, 0.4) is 0 Å². The number of hydrogen-bond acceptors (Lipinski definition) is 3. The van der Waals surface area contributed by atoms with E-state index >= 15 is 0 Å². The third kappa shape index (κ3) is 1.73. The molecule has 0 radical (unpaired) electrons. The standard InChI is InChI=1S/C9H11NO3S/c11-14(12,13)8-3-4-9-7(6-8)2-1-5-10-9/h3-4,6,10H,1-2,5H2,(H,11,12,13). The lowest BCUT2D eigenvalue weighted by Gasteiger charge is -2.17. The molecule has 1 aromatic rings. The fourth-order valence-electron chi connectivity index (χ4n) is 1.61. The van der Waals surface area contributed by atoms with Gasteiger partial charge in [-0.3, -0.25) is 4.55 Å². The minimum atomic E-state index is -4.06. The largest absolute Gasteiger partial charge is 0.385 e. The molecule has 0 unspecified atom stereocenters. The number of hydrogen-bond donors (Lipinski definition) is 2. The number of nitrogens with one attached hydrogen (secondary N) is 1. The SMILES string of the molecule is O=S(=O)(O)c1ccc2c(c1)CCCN2. The van der Waals surface area contributed by atoms with Crippen molar-refractivity contribution in [3.8, 4) is 0 Å². The summed E-state index contributed by atoms with van der Waals surface area (Å²) in [7, 11) is -4.06. The summed E-state index contributed by atoms with van der Waals surface area (Å²) in [5.74, 6) is 0. The highest BCUT2D eigenvalue weighted by Gasteiger charge is 2.14. The van der Waals surface area contributed by atoms with Crippen molar-refractivity contribution in [1.29, 1.82) is 0 Å². The number of anilines is 1. The lowest BCUT2D eigenvalue weighted by atomic mass is 10.0. The lowest BCUT2D eigenvalue weighted by molar-refractivity contribution is 0.483. The molecule has 4 nitrogen and oxygen atoms in total. The zero-order valence-electron chi connectivity index (χ0n) is 7.53. The Morgan fingerprint density at radius 2 is 2.14 bits per heavy atom. The van der Waals surface area contributed by atoms with Crippen molar-refractivity contribution in [3.63, 3.8) is 0 Å². The molecule has 0 aliphatic carbocycles. The molecule has 0 saturated heterocycles. The normalized spacial score (nSPS) is 15.8. The topological polar surface area (TPSA) is 66.4 Å².